The first-order valence-electron chi connectivity index (χ1n) is 11.9. The maximum Gasteiger partial charge on any atom is 0.326 e. The van der Waals surface area contributed by atoms with Gasteiger partial charge in [-0.05, 0) is 38.0 Å². The lowest BCUT2D eigenvalue weighted by molar-refractivity contribution is -0.142. The normalized spacial score (nSPS) is 14.0. The van der Waals surface area contributed by atoms with Crippen LogP contribution in [-0.4, -0.2) is 89.7 Å². The first kappa shape index (κ1) is 33.3. The molecule has 0 rings (SSSR count). The molecule has 3 amide bonds. The number of carbonyl (C=O) groups excluding carboxylic acids is 3. The van der Waals surface area contributed by atoms with Crippen LogP contribution in [0.1, 0.15) is 46.0 Å². The van der Waals surface area contributed by atoms with Crippen molar-refractivity contribution < 1.29 is 29.4 Å². The molecule has 0 aliphatic carbocycles. The van der Waals surface area contributed by atoms with Crippen LogP contribution in [0.25, 0.3) is 0 Å². The van der Waals surface area contributed by atoms with Crippen LogP contribution in [0.4, 0.5) is 0 Å². The highest BCUT2D eigenvalue weighted by molar-refractivity contribution is 5.94. The van der Waals surface area contributed by atoms with Gasteiger partial charge in [-0.3, -0.25) is 24.4 Å². The van der Waals surface area contributed by atoms with E-state index in [1.54, 1.807) is 0 Å². The van der Waals surface area contributed by atoms with Crippen LogP contribution < -0.4 is 44.6 Å². The van der Waals surface area contributed by atoms with Gasteiger partial charge >= 0.3 is 5.97 Å². The van der Waals surface area contributed by atoms with Crippen LogP contribution in [0.15, 0.2) is 9.98 Å². The van der Waals surface area contributed by atoms with Gasteiger partial charge in [-0.15, -0.1) is 0 Å². The van der Waals surface area contributed by atoms with Crippen molar-refractivity contribution in [3.8, 4) is 0 Å². The predicted octanol–water partition coefficient (Wildman–Crippen LogP) is -4.00. The van der Waals surface area contributed by atoms with Gasteiger partial charge in [-0.2, -0.15) is 0 Å². The fraction of sp³-hybridized carbons (Fsp3) is 0.714. The fourth-order valence-electron chi connectivity index (χ4n) is 3.17. The largest absolute Gasteiger partial charge is 0.480 e. The molecule has 16 nitrogen and oxygen atoms in total. The second kappa shape index (κ2) is 17.7. The molecule has 4 atom stereocenters. The van der Waals surface area contributed by atoms with Crippen LogP contribution in [-0.2, 0) is 19.2 Å². The van der Waals surface area contributed by atoms with Crippen LogP contribution in [0.2, 0.25) is 0 Å². The van der Waals surface area contributed by atoms with Crippen molar-refractivity contribution in [2.45, 2.75) is 70.1 Å². The second-order valence-electron chi connectivity index (χ2n) is 8.84. The summed E-state index contributed by atoms with van der Waals surface area (Å²) in [4.78, 5) is 57.1. The molecule has 0 radical (unpaired) electrons. The monoisotopic (exact) mass is 530 g/mol. The lowest BCUT2D eigenvalue weighted by atomic mass is 10.0. The average molecular weight is 531 g/mol. The highest BCUT2D eigenvalue weighted by Crippen LogP contribution is 2.06. The molecule has 0 saturated heterocycles. The third-order valence-corrected chi connectivity index (χ3v) is 5.02. The summed E-state index contributed by atoms with van der Waals surface area (Å²) in [7, 11) is 0. The molecule has 0 fully saturated rings. The molecule has 212 valence electrons. The Morgan fingerprint density at radius 3 is 1.62 bits per heavy atom. The van der Waals surface area contributed by atoms with E-state index in [4.69, 9.17) is 28.7 Å². The Labute approximate surface area is 215 Å². The molecule has 0 heterocycles. The molecule has 15 N–H and O–H groups in total. The molecule has 0 bridgehead atoms. The second-order valence-corrected chi connectivity index (χ2v) is 8.84. The summed E-state index contributed by atoms with van der Waals surface area (Å²) < 4.78 is 0. The molecule has 37 heavy (non-hydrogen) atoms. The number of nitrogens with two attached hydrogens (primary N) is 5. The van der Waals surface area contributed by atoms with Crippen molar-refractivity contribution in [2.75, 3.05) is 19.7 Å². The van der Waals surface area contributed by atoms with Crippen LogP contribution in [0, 0.1) is 5.92 Å². The van der Waals surface area contributed by atoms with E-state index in [1.807, 2.05) is 13.8 Å². The van der Waals surface area contributed by atoms with E-state index in [1.165, 1.54) is 0 Å². The zero-order valence-electron chi connectivity index (χ0n) is 21.4. The third kappa shape index (κ3) is 15.1. The molecule has 0 aromatic carbocycles. The van der Waals surface area contributed by atoms with Gasteiger partial charge in [-0.1, -0.05) is 13.8 Å². The highest BCUT2D eigenvalue weighted by Gasteiger charge is 2.30. The van der Waals surface area contributed by atoms with Crippen molar-refractivity contribution in [1.82, 2.24) is 16.0 Å². The van der Waals surface area contributed by atoms with Crippen molar-refractivity contribution in [3.63, 3.8) is 0 Å². The molecule has 16 heteroatoms. The van der Waals surface area contributed by atoms with Crippen molar-refractivity contribution >= 4 is 35.6 Å². The Morgan fingerprint density at radius 2 is 1.19 bits per heavy atom. The number of carboxylic acid groups (broad SMARTS) is 1. The number of hydrogen-bond acceptors (Lipinski definition) is 8. The lowest BCUT2D eigenvalue weighted by Crippen LogP contribution is -2.58. The summed E-state index contributed by atoms with van der Waals surface area (Å²) in [6.45, 7) is 3.30. The van der Waals surface area contributed by atoms with Crippen LogP contribution in [0.5, 0.6) is 0 Å². The number of aliphatic hydroxyl groups excluding tert-OH is 1. The Morgan fingerprint density at radius 1 is 0.757 bits per heavy atom. The maximum absolute atomic E-state index is 12.9. The van der Waals surface area contributed by atoms with Gasteiger partial charge in [0.1, 0.15) is 18.1 Å². The average Bonchev–Trinajstić information content (AvgIpc) is 2.79. The Kier molecular flexibility index (Phi) is 16.0. The molecular formula is C21H42N10O6. The van der Waals surface area contributed by atoms with E-state index in [0.29, 0.717) is 12.8 Å². The first-order chi connectivity index (χ1) is 17.3. The molecule has 0 aliphatic heterocycles. The number of nitrogens with one attached hydrogen (secondary N) is 3. The topological polar surface area (TPSA) is 300 Å². The summed E-state index contributed by atoms with van der Waals surface area (Å²) in [5, 5.41) is 26.2. The quantitative estimate of drug-likeness (QED) is 0.0462. The standard InChI is InChI=1S/C21H42N10O6/c1-11(2)9-12(22)16(33)29-13(5-3-7-27-20(23)24)17(34)31-15(10-32)18(35)30-14(19(36)37)6-4-8-28-21(25)26/h11-15,32H,3-10,22H2,1-2H3,(H,29,33)(H,30,35)(H,31,34)(H,36,37)(H4,23,24,27)(H4,25,26,28)/t12-,13-,14-,15-/m0/s1. The Balaban J connectivity index is 5.33. The number of guanidine groups is 2. The minimum atomic E-state index is -1.48. The van der Waals surface area contributed by atoms with Crippen molar-refractivity contribution in [1.29, 1.82) is 0 Å². The Hall–Kier alpha value is -3.66. The van der Waals surface area contributed by atoms with E-state index >= 15 is 0 Å². The summed E-state index contributed by atoms with van der Waals surface area (Å²) in [6, 6.07) is -4.76. The van der Waals surface area contributed by atoms with Gasteiger partial charge in [-0.25, -0.2) is 4.79 Å². The van der Waals surface area contributed by atoms with Crippen LogP contribution in [0.3, 0.4) is 0 Å². The van der Waals surface area contributed by atoms with E-state index in [0.717, 1.165) is 0 Å². The van der Waals surface area contributed by atoms with E-state index in [9.17, 15) is 29.4 Å². The summed E-state index contributed by atoms with van der Waals surface area (Å²) in [6.07, 6.45) is 1.05. The van der Waals surface area contributed by atoms with Gasteiger partial charge in [0.05, 0.1) is 12.6 Å². The minimum Gasteiger partial charge on any atom is -0.480 e. The molecule has 0 aliphatic rings. The fourth-order valence-corrected chi connectivity index (χ4v) is 3.17. The smallest absolute Gasteiger partial charge is 0.326 e. The highest BCUT2D eigenvalue weighted by atomic mass is 16.4. The summed E-state index contributed by atoms with van der Waals surface area (Å²) >= 11 is 0. The SMILES string of the molecule is CC(C)C[C@H](N)C(=O)N[C@@H](CCCN=C(N)N)C(=O)N[C@@H](CO)C(=O)N[C@@H](CCCN=C(N)N)C(=O)O. The molecule has 0 saturated carbocycles. The van der Waals surface area contributed by atoms with Gasteiger partial charge in [0.15, 0.2) is 11.9 Å². The van der Waals surface area contributed by atoms with Gasteiger partial charge in [0, 0.05) is 13.1 Å². The van der Waals surface area contributed by atoms with Crippen molar-refractivity contribution in [2.24, 2.45) is 44.6 Å². The van der Waals surface area contributed by atoms with E-state index < -0.39 is 54.5 Å². The van der Waals surface area contributed by atoms with Gasteiger partial charge < -0.3 is 54.8 Å². The van der Waals surface area contributed by atoms with Crippen LogP contribution >= 0.6 is 0 Å². The minimum absolute atomic E-state index is 0.00115. The predicted molar refractivity (Wildman–Crippen MR) is 138 cm³/mol. The Bertz CT molecular complexity index is 812. The molecule has 0 aromatic rings. The van der Waals surface area contributed by atoms with Crippen molar-refractivity contribution in [3.05, 3.63) is 0 Å². The summed E-state index contributed by atoms with van der Waals surface area (Å²) in [5.41, 5.74) is 26.9. The molecule has 0 spiro atoms. The number of amides is 3. The zero-order chi connectivity index (χ0) is 28.5. The lowest BCUT2D eigenvalue weighted by Gasteiger charge is -2.24. The third-order valence-electron chi connectivity index (χ3n) is 5.02. The summed E-state index contributed by atoms with van der Waals surface area (Å²) in [5.74, 6) is -3.72. The maximum atomic E-state index is 12.9. The van der Waals surface area contributed by atoms with Gasteiger partial charge in [0.25, 0.3) is 0 Å². The number of aliphatic carboxylic acids is 1. The van der Waals surface area contributed by atoms with E-state index in [2.05, 4.69) is 25.9 Å². The number of hydrogen-bond donors (Lipinski definition) is 10. The number of carbonyl (C=O) groups is 4. The number of rotatable bonds is 18. The number of aliphatic hydroxyl groups is 1. The first-order valence-corrected chi connectivity index (χ1v) is 11.9. The van der Waals surface area contributed by atoms with Gasteiger partial charge in [0.2, 0.25) is 17.7 Å². The number of nitrogens with zero attached hydrogens (tertiary/aromatic N) is 2. The molecule has 0 aromatic heterocycles. The zero-order valence-corrected chi connectivity index (χ0v) is 21.4. The molecular weight excluding hydrogens is 488 g/mol. The van der Waals surface area contributed by atoms with E-state index in [-0.39, 0.29) is 50.2 Å². The number of aliphatic imine (C=N–C) groups is 2. The molecule has 0 unspecified atom stereocenters. The number of carboxylic acids is 1.